The van der Waals surface area contributed by atoms with Crippen molar-refractivity contribution in [2.75, 3.05) is 52.4 Å². The van der Waals surface area contributed by atoms with Crippen LogP contribution in [-0.4, -0.2) is 68.1 Å². The first-order valence-corrected chi connectivity index (χ1v) is 10.8. The number of furan rings is 1. The number of nitrogens with zero attached hydrogens (tertiary/aromatic N) is 3. The molecular formula is C21H38IN5O. The van der Waals surface area contributed by atoms with E-state index in [1.165, 1.54) is 38.8 Å². The van der Waals surface area contributed by atoms with Gasteiger partial charge in [0.25, 0.3) is 0 Å². The average Bonchev–Trinajstić information content (AvgIpc) is 3.41. The van der Waals surface area contributed by atoms with Gasteiger partial charge in [-0.15, -0.1) is 24.0 Å². The highest BCUT2D eigenvalue weighted by Gasteiger charge is 2.25. The van der Waals surface area contributed by atoms with Gasteiger partial charge < -0.3 is 20.0 Å². The summed E-state index contributed by atoms with van der Waals surface area (Å²) in [5.41, 5.74) is 0. The number of piperidine rings is 1. The Balaban J connectivity index is 0.00000280. The van der Waals surface area contributed by atoms with Crippen LogP contribution in [0.3, 0.4) is 0 Å². The second kappa shape index (κ2) is 12.7. The van der Waals surface area contributed by atoms with E-state index >= 15 is 0 Å². The smallest absolute Gasteiger partial charge is 0.191 e. The average molecular weight is 503 g/mol. The highest BCUT2D eigenvalue weighted by Crippen LogP contribution is 2.25. The van der Waals surface area contributed by atoms with Crippen molar-refractivity contribution in [3.8, 4) is 0 Å². The lowest BCUT2D eigenvalue weighted by atomic mass is 9.98. The van der Waals surface area contributed by atoms with E-state index in [2.05, 4.69) is 40.3 Å². The van der Waals surface area contributed by atoms with Crippen molar-refractivity contribution in [3.05, 3.63) is 24.2 Å². The SMILES string of the molecule is CCNC(=NCC(c1ccco1)N1CCCC1)NCC1CCCN(CC)C1.I. The van der Waals surface area contributed by atoms with E-state index in [1.54, 1.807) is 6.26 Å². The molecule has 2 fully saturated rings. The molecule has 0 saturated carbocycles. The number of rotatable bonds is 8. The Morgan fingerprint density at radius 1 is 1.21 bits per heavy atom. The van der Waals surface area contributed by atoms with Crippen LogP contribution in [0.5, 0.6) is 0 Å². The van der Waals surface area contributed by atoms with Crippen molar-refractivity contribution in [1.82, 2.24) is 20.4 Å². The highest BCUT2D eigenvalue weighted by molar-refractivity contribution is 14.0. The van der Waals surface area contributed by atoms with Gasteiger partial charge in [-0.25, -0.2) is 0 Å². The Labute approximate surface area is 187 Å². The number of hydrogen-bond acceptors (Lipinski definition) is 4. The molecule has 1 aromatic rings. The molecule has 1 aromatic heterocycles. The molecule has 2 atom stereocenters. The Kier molecular flexibility index (Phi) is 10.6. The van der Waals surface area contributed by atoms with Gasteiger partial charge in [0, 0.05) is 19.6 Å². The van der Waals surface area contributed by atoms with Crippen LogP contribution >= 0.6 is 24.0 Å². The van der Waals surface area contributed by atoms with Crippen molar-refractivity contribution in [3.63, 3.8) is 0 Å². The highest BCUT2D eigenvalue weighted by atomic mass is 127. The van der Waals surface area contributed by atoms with E-state index in [9.17, 15) is 0 Å². The van der Waals surface area contributed by atoms with Gasteiger partial charge in [-0.2, -0.15) is 0 Å². The molecule has 2 aliphatic heterocycles. The molecule has 0 spiro atoms. The van der Waals surface area contributed by atoms with Gasteiger partial charge in [0.05, 0.1) is 18.8 Å². The van der Waals surface area contributed by atoms with Gasteiger partial charge in [0.2, 0.25) is 0 Å². The number of guanidine groups is 1. The molecule has 2 aliphatic rings. The van der Waals surface area contributed by atoms with E-state index in [0.717, 1.165) is 51.0 Å². The van der Waals surface area contributed by atoms with Gasteiger partial charge in [-0.05, 0) is 76.8 Å². The molecule has 0 aliphatic carbocycles. The summed E-state index contributed by atoms with van der Waals surface area (Å²) in [6.45, 7) is 12.9. The number of aliphatic imine (C=N–C) groups is 1. The molecule has 2 saturated heterocycles. The first-order chi connectivity index (χ1) is 13.3. The second-order valence-electron chi connectivity index (χ2n) is 7.78. The second-order valence-corrected chi connectivity index (χ2v) is 7.78. The quantitative estimate of drug-likeness (QED) is 0.324. The molecule has 2 unspecified atom stereocenters. The Hall–Kier alpha value is -0.800. The van der Waals surface area contributed by atoms with E-state index in [4.69, 9.17) is 9.41 Å². The third kappa shape index (κ3) is 6.91. The van der Waals surface area contributed by atoms with Crippen LogP contribution in [0.15, 0.2) is 27.8 Å². The number of halogens is 1. The summed E-state index contributed by atoms with van der Waals surface area (Å²) in [7, 11) is 0. The number of likely N-dealkylation sites (tertiary alicyclic amines) is 2. The van der Waals surface area contributed by atoms with Gasteiger partial charge >= 0.3 is 0 Å². The minimum Gasteiger partial charge on any atom is -0.468 e. The zero-order valence-electron chi connectivity index (χ0n) is 17.5. The summed E-state index contributed by atoms with van der Waals surface area (Å²) >= 11 is 0. The summed E-state index contributed by atoms with van der Waals surface area (Å²) in [5, 5.41) is 7.00. The fourth-order valence-electron chi connectivity index (χ4n) is 4.29. The lowest BCUT2D eigenvalue weighted by Gasteiger charge is -2.32. The fourth-order valence-corrected chi connectivity index (χ4v) is 4.29. The predicted octanol–water partition coefficient (Wildman–Crippen LogP) is 3.32. The summed E-state index contributed by atoms with van der Waals surface area (Å²) in [6.07, 6.45) is 6.94. The third-order valence-electron chi connectivity index (χ3n) is 5.83. The maximum Gasteiger partial charge on any atom is 0.191 e. The van der Waals surface area contributed by atoms with Crippen molar-refractivity contribution in [2.45, 2.75) is 45.6 Å². The summed E-state index contributed by atoms with van der Waals surface area (Å²) in [5.74, 6) is 2.67. The van der Waals surface area contributed by atoms with Crippen LogP contribution in [0.4, 0.5) is 0 Å². The Morgan fingerprint density at radius 2 is 2.04 bits per heavy atom. The number of nitrogens with one attached hydrogen (secondary N) is 2. The summed E-state index contributed by atoms with van der Waals surface area (Å²) in [4.78, 5) is 9.98. The van der Waals surface area contributed by atoms with Crippen LogP contribution in [-0.2, 0) is 0 Å². The van der Waals surface area contributed by atoms with E-state index in [0.29, 0.717) is 5.92 Å². The van der Waals surface area contributed by atoms with Crippen LogP contribution < -0.4 is 10.6 Å². The van der Waals surface area contributed by atoms with E-state index in [-0.39, 0.29) is 30.0 Å². The zero-order chi connectivity index (χ0) is 18.9. The van der Waals surface area contributed by atoms with E-state index in [1.807, 2.05) is 6.07 Å². The van der Waals surface area contributed by atoms with E-state index < -0.39 is 0 Å². The largest absolute Gasteiger partial charge is 0.468 e. The van der Waals surface area contributed by atoms with Gasteiger partial charge in [-0.1, -0.05) is 6.92 Å². The molecule has 28 heavy (non-hydrogen) atoms. The molecule has 6 nitrogen and oxygen atoms in total. The Morgan fingerprint density at radius 3 is 2.71 bits per heavy atom. The molecule has 3 heterocycles. The van der Waals surface area contributed by atoms with Crippen molar-refractivity contribution < 1.29 is 4.42 Å². The molecule has 2 N–H and O–H groups in total. The monoisotopic (exact) mass is 503 g/mol. The zero-order valence-corrected chi connectivity index (χ0v) is 19.9. The Bertz CT molecular complexity index is 559. The van der Waals surface area contributed by atoms with Gasteiger partial charge in [0.1, 0.15) is 5.76 Å². The maximum absolute atomic E-state index is 5.72. The standard InChI is InChI=1S/C21H37N5O.HI/c1-3-22-21(23-15-18-9-7-11-25(4-2)17-18)24-16-19(20-10-8-14-27-20)26-12-5-6-13-26;/h8,10,14,18-19H,3-7,9,11-13,15-17H2,1-2H3,(H2,22,23,24);1H. The third-order valence-corrected chi connectivity index (χ3v) is 5.83. The van der Waals surface area contributed by atoms with Crippen molar-refractivity contribution >= 4 is 29.9 Å². The molecule has 0 bridgehead atoms. The van der Waals surface area contributed by atoms with Crippen LogP contribution in [0.2, 0.25) is 0 Å². The fraction of sp³-hybridized carbons (Fsp3) is 0.762. The minimum absolute atomic E-state index is 0. The molecule has 160 valence electrons. The molecule has 7 heteroatoms. The molecule has 0 aromatic carbocycles. The number of hydrogen-bond donors (Lipinski definition) is 2. The first kappa shape index (κ1) is 23.5. The summed E-state index contributed by atoms with van der Waals surface area (Å²) < 4.78 is 5.72. The van der Waals surface area contributed by atoms with Crippen LogP contribution in [0, 0.1) is 5.92 Å². The maximum atomic E-state index is 5.72. The molecule has 3 rings (SSSR count). The molecule has 0 radical (unpaired) electrons. The van der Waals surface area contributed by atoms with Crippen molar-refractivity contribution in [2.24, 2.45) is 10.9 Å². The lowest BCUT2D eigenvalue weighted by molar-refractivity contribution is 0.183. The summed E-state index contributed by atoms with van der Waals surface area (Å²) in [6, 6.07) is 4.30. The van der Waals surface area contributed by atoms with Gasteiger partial charge in [-0.3, -0.25) is 9.89 Å². The predicted molar refractivity (Wildman–Crippen MR) is 126 cm³/mol. The van der Waals surface area contributed by atoms with Gasteiger partial charge in [0.15, 0.2) is 5.96 Å². The first-order valence-electron chi connectivity index (χ1n) is 10.8. The normalized spacial score (nSPS) is 22.6. The topological polar surface area (TPSA) is 56.0 Å². The van der Waals surface area contributed by atoms with Crippen LogP contribution in [0.25, 0.3) is 0 Å². The molecular weight excluding hydrogens is 465 g/mol. The van der Waals surface area contributed by atoms with Crippen molar-refractivity contribution in [1.29, 1.82) is 0 Å². The molecule has 0 amide bonds. The van der Waals surface area contributed by atoms with Crippen LogP contribution in [0.1, 0.15) is 51.3 Å². The minimum atomic E-state index is 0. The lowest BCUT2D eigenvalue weighted by Crippen LogP contribution is -2.44.